The predicted octanol–water partition coefficient (Wildman–Crippen LogP) is 3.82. The number of halogens is 1. The fourth-order valence-corrected chi connectivity index (χ4v) is 4.22. The largest absolute Gasteiger partial charge is 0.420 e. The summed E-state index contributed by atoms with van der Waals surface area (Å²) in [6.07, 6.45) is 2.17. The summed E-state index contributed by atoms with van der Waals surface area (Å²) < 4.78 is 11.3. The van der Waals surface area contributed by atoms with Gasteiger partial charge in [-0.25, -0.2) is 9.97 Å². The highest BCUT2D eigenvalue weighted by Gasteiger charge is 2.19. The van der Waals surface area contributed by atoms with Gasteiger partial charge < -0.3 is 14.1 Å². The van der Waals surface area contributed by atoms with Crippen LogP contribution in [0.2, 0.25) is 5.02 Å². The van der Waals surface area contributed by atoms with Crippen molar-refractivity contribution in [1.82, 2.24) is 20.2 Å². The van der Waals surface area contributed by atoms with Gasteiger partial charge in [0.1, 0.15) is 17.0 Å². The fourth-order valence-electron chi connectivity index (χ4n) is 3.18. The van der Waals surface area contributed by atoms with Gasteiger partial charge in [0.2, 0.25) is 5.89 Å². The molecule has 0 radical (unpaired) electrons. The zero-order chi connectivity index (χ0) is 18.9. The summed E-state index contributed by atoms with van der Waals surface area (Å²) in [4.78, 5) is 12.9. The van der Waals surface area contributed by atoms with Crippen LogP contribution in [0.1, 0.15) is 11.5 Å². The van der Waals surface area contributed by atoms with Gasteiger partial charge in [0.15, 0.2) is 0 Å². The topological polar surface area (TPSA) is 77.2 Å². The first-order valence-electron chi connectivity index (χ1n) is 8.91. The van der Waals surface area contributed by atoms with Crippen LogP contribution in [0, 0.1) is 0 Å². The third-order valence-electron chi connectivity index (χ3n) is 4.57. The number of hydrogen-bond donors (Lipinski definition) is 0. The van der Waals surface area contributed by atoms with E-state index in [0.29, 0.717) is 36.4 Å². The Bertz CT molecular complexity index is 1110. The SMILES string of the molecule is Clc1ccc(Cc2nnc(-c3cc4c(N5CCOCC5)ncnc4s3)o2)cc1. The Labute approximate surface area is 170 Å². The lowest BCUT2D eigenvalue weighted by atomic mass is 10.1. The Morgan fingerprint density at radius 2 is 1.89 bits per heavy atom. The van der Waals surface area contributed by atoms with E-state index in [4.69, 9.17) is 20.8 Å². The normalized spacial score (nSPS) is 14.7. The lowest BCUT2D eigenvalue weighted by Crippen LogP contribution is -2.36. The molecule has 9 heteroatoms. The summed E-state index contributed by atoms with van der Waals surface area (Å²) in [5.41, 5.74) is 1.07. The number of aromatic nitrogens is 4. The van der Waals surface area contributed by atoms with Gasteiger partial charge in [0, 0.05) is 18.1 Å². The molecule has 0 N–H and O–H groups in total. The molecule has 0 saturated carbocycles. The first-order valence-corrected chi connectivity index (χ1v) is 10.1. The molecule has 1 saturated heterocycles. The monoisotopic (exact) mass is 413 g/mol. The van der Waals surface area contributed by atoms with Crippen LogP contribution in [0.5, 0.6) is 0 Å². The third-order valence-corrected chi connectivity index (χ3v) is 5.85. The van der Waals surface area contributed by atoms with Crippen molar-refractivity contribution in [3.8, 4) is 10.8 Å². The van der Waals surface area contributed by atoms with E-state index in [0.717, 1.165) is 39.6 Å². The number of morpholine rings is 1. The van der Waals surface area contributed by atoms with Gasteiger partial charge in [-0.1, -0.05) is 23.7 Å². The Kier molecular flexibility index (Phi) is 4.67. The zero-order valence-corrected chi connectivity index (χ0v) is 16.4. The Hall–Kier alpha value is -2.55. The number of thiophene rings is 1. The van der Waals surface area contributed by atoms with Gasteiger partial charge in [-0.05, 0) is 23.8 Å². The van der Waals surface area contributed by atoms with E-state index in [1.54, 1.807) is 6.33 Å². The van der Waals surface area contributed by atoms with Gasteiger partial charge >= 0.3 is 0 Å². The smallest absolute Gasteiger partial charge is 0.257 e. The van der Waals surface area contributed by atoms with Crippen LogP contribution >= 0.6 is 22.9 Å². The van der Waals surface area contributed by atoms with Crippen LogP contribution in [-0.2, 0) is 11.2 Å². The second-order valence-corrected chi connectivity index (χ2v) is 7.90. The molecule has 0 spiro atoms. The molecule has 142 valence electrons. The van der Waals surface area contributed by atoms with Crippen LogP contribution in [0.3, 0.4) is 0 Å². The number of anilines is 1. The maximum Gasteiger partial charge on any atom is 0.257 e. The number of hydrogen-bond acceptors (Lipinski definition) is 8. The summed E-state index contributed by atoms with van der Waals surface area (Å²) in [7, 11) is 0. The highest BCUT2D eigenvalue weighted by atomic mass is 35.5. The molecular weight excluding hydrogens is 398 g/mol. The Morgan fingerprint density at radius 3 is 2.71 bits per heavy atom. The molecule has 7 nitrogen and oxygen atoms in total. The summed E-state index contributed by atoms with van der Waals surface area (Å²) in [6, 6.07) is 9.65. The predicted molar refractivity (Wildman–Crippen MR) is 108 cm³/mol. The van der Waals surface area contributed by atoms with Crippen molar-refractivity contribution in [2.24, 2.45) is 0 Å². The molecule has 0 aliphatic carbocycles. The zero-order valence-electron chi connectivity index (χ0n) is 14.8. The van der Waals surface area contributed by atoms with E-state index in [9.17, 15) is 0 Å². The molecular formula is C19H16ClN5O2S. The second kappa shape index (κ2) is 7.46. The molecule has 5 rings (SSSR count). The minimum atomic E-state index is 0.500. The Morgan fingerprint density at radius 1 is 1.07 bits per heavy atom. The average molecular weight is 414 g/mol. The molecule has 4 aromatic rings. The van der Waals surface area contributed by atoms with Crippen LogP contribution in [0.15, 0.2) is 41.1 Å². The lowest BCUT2D eigenvalue weighted by molar-refractivity contribution is 0.122. The highest BCUT2D eigenvalue weighted by Crippen LogP contribution is 2.35. The van der Waals surface area contributed by atoms with E-state index in [-0.39, 0.29) is 0 Å². The maximum atomic E-state index is 5.93. The first-order chi connectivity index (χ1) is 13.8. The van der Waals surface area contributed by atoms with Crippen molar-refractivity contribution in [2.75, 3.05) is 31.2 Å². The molecule has 0 bridgehead atoms. The minimum absolute atomic E-state index is 0.500. The average Bonchev–Trinajstić information content (AvgIpc) is 3.37. The van der Waals surface area contributed by atoms with Crippen molar-refractivity contribution in [2.45, 2.75) is 6.42 Å². The second-order valence-electron chi connectivity index (χ2n) is 6.43. The number of nitrogens with zero attached hydrogens (tertiary/aromatic N) is 5. The summed E-state index contributed by atoms with van der Waals surface area (Å²) in [5.74, 6) is 1.99. The van der Waals surface area contributed by atoms with E-state index in [1.165, 1.54) is 11.3 Å². The van der Waals surface area contributed by atoms with Crippen molar-refractivity contribution < 1.29 is 9.15 Å². The number of rotatable bonds is 4. The molecule has 1 aliphatic rings. The molecule has 3 aromatic heterocycles. The molecule has 4 heterocycles. The van der Waals surface area contributed by atoms with Crippen LogP contribution in [-0.4, -0.2) is 46.5 Å². The number of benzene rings is 1. The van der Waals surface area contributed by atoms with E-state index in [1.807, 2.05) is 30.3 Å². The number of ether oxygens (including phenoxy) is 1. The van der Waals surface area contributed by atoms with E-state index < -0.39 is 0 Å². The van der Waals surface area contributed by atoms with E-state index in [2.05, 4.69) is 25.1 Å². The fraction of sp³-hybridized carbons (Fsp3) is 0.263. The van der Waals surface area contributed by atoms with Gasteiger partial charge in [0.05, 0.1) is 29.9 Å². The lowest BCUT2D eigenvalue weighted by Gasteiger charge is -2.28. The van der Waals surface area contributed by atoms with Crippen molar-refractivity contribution in [1.29, 1.82) is 0 Å². The molecule has 1 aliphatic heterocycles. The minimum Gasteiger partial charge on any atom is -0.420 e. The number of fused-ring (bicyclic) bond motifs is 1. The van der Waals surface area contributed by atoms with E-state index >= 15 is 0 Å². The molecule has 1 aromatic carbocycles. The molecule has 0 atom stereocenters. The molecule has 0 unspecified atom stereocenters. The molecule has 0 amide bonds. The highest BCUT2D eigenvalue weighted by molar-refractivity contribution is 7.21. The summed E-state index contributed by atoms with van der Waals surface area (Å²) in [5, 5.41) is 10.1. The van der Waals surface area contributed by atoms with Crippen molar-refractivity contribution in [3.05, 3.63) is 53.1 Å². The van der Waals surface area contributed by atoms with Crippen LogP contribution in [0.4, 0.5) is 5.82 Å². The summed E-state index contributed by atoms with van der Waals surface area (Å²) >= 11 is 7.46. The standard InChI is InChI=1S/C19H16ClN5O2S/c20-13-3-1-12(2-4-13)9-16-23-24-18(27-16)15-10-14-17(21-11-22-19(14)28-15)25-5-7-26-8-6-25/h1-4,10-11H,5-9H2. The van der Waals surface area contributed by atoms with Crippen molar-refractivity contribution >= 4 is 39.0 Å². The Balaban J connectivity index is 1.43. The molecule has 1 fully saturated rings. The quantitative estimate of drug-likeness (QED) is 0.503. The summed E-state index contributed by atoms with van der Waals surface area (Å²) in [6.45, 7) is 3.06. The van der Waals surface area contributed by atoms with Gasteiger partial charge in [-0.15, -0.1) is 21.5 Å². The van der Waals surface area contributed by atoms with Crippen LogP contribution < -0.4 is 4.90 Å². The maximum absolute atomic E-state index is 5.93. The van der Waals surface area contributed by atoms with Crippen molar-refractivity contribution in [3.63, 3.8) is 0 Å². The van der Waals surface area contributed by atoms with Crippen LogP contribution in [0.25, 0.3) is 21.0 Å². The van der Waals surface area contributed by atoms with Gasteiger partial charge in [-0.2, -0.15) is 0 Å². The van der Waals surface area contributed by atoms with Gasteiger partial charge in [0.25, 0.3) is 5.89 Å². The first kappa shape index (κ1) is 17.5. The van der Waals surface area contributed by atoms with Gasteiger partial charge in [-0.3, -0.25) is 0 Å². The third kappa shape index (κ3) is 3.46. The molecule has 28 heavy (non-hydrogen) atoms.